The Kier molecular flexibility index (Phi) is 6.03. The van der Waals surface area contributed by atoms with E-state index in [0.29, 0.717) is 32.7 Å². The molecule has 3 rings (SSSR count). The van der Waals surface area contributed by atoms with Gasteiger partial charge in [0.25, 0.3) is 0 Å². The standard InChI is InChI=1S/C21H29N3O4/c1-15(25)22-21-13-23(19(27)10-12-28-3)11-9-18(21)20(24(14-21)16(2)26)17-7-5-4-6-8-17/h4-8,18,20H,9-14H2,1-3H3,(H,22,25)/t18-,20-,21-/m1/s1. The number of methoxy groups -OCH3 is 1. The fourth-order valence-corrected chi connectivity index (χ4v) is 4.81. The van der Waals surface area contributed by atoms with E-state index in [2.05, 4.69) is 5.32 Å². The maximum absolute atomic E-state index is 12.6. The molecule has 28 heavy (non-hydrogen) atoms. The maximum Gasteiger partial charge on any atom is 0.224 e. The van der Waals surface area contributed by atoms with Gasteiger partial charge in [0, 0.05) is 46.5 Å². The number of ether oxygens (including phenoxy) is 1. The van der Waals surface area contributed by atoms with E-state index in [4.69, 9.17) is 4.74 Å². The molecular weight excluding hydrogens is 358 g/mol. The monoisotopic (exact) mass is 387 g/mol. The Morgan fingerprint density at radius 3 is 2.50 bits per heavy atom. The Morgan fingerprint density at radius 2 is 1.89 bits per heavy atom. The van der Waals surface area contributed by atoms with E-state index in [1.54, 1.807) is 18.9 Å². The molecule has 152 valence electrons. The summed E-state index contributed by atoms with van der Waals surface area (Å²) in [5.74, 6) is -0.101. The van der Waals surface area contributed by atoms with Crippen LogP contribution >= 0.6 is 0 Å². The zero-order chi connectivity index (χ0) is 20.3. The van der Waals surface area contributed by atoms with E-state index >= 15 is 0 Å². The molecule has 1 aromatic rings. The molecule has 2 aliphatic heterocycles. The third-order valence-corrected chi connectivity index (χ3v) is 5.91. The summed E-state index contributed by atoms with van der Waals surface area (Å²) in [6.07, 6.45) is 1.04. The van der Waals surface area contributed by atoms with Gasteiger partial charge in [0.15, 0.2) is 0 Å². The van der Waals surface area contributed by atoms with Gasteiger partial charge in [0.2, 0.25) is 17.7 Å². The quantitative estimate of drug-likeness (QED) is 0.827. The normalized spacial score (nSPS) is 26.7. The van der Waals surface area contributed by atoms with Crippen molar-refractivity contribution in [2.75, 3.05) is 33.4 Å². The molecule has 2 saturated heterocycles. The minimum atomic E-state index is -0.640. The molecule has 0 radical (unpaired) electrons. The van der Waals surface area contributed by atoms with Crippen molar-refractivity contribution in [3.8, 4) is 0 Å². The lowest BCUT2D eigenvalue weighted by Crippen LogP contribution is -2.64. The molecule has 0 bridgehead atoms. The second-order valence-corrected chi connectivity index (χ2v) is 7.79. The molecule has 0 aliphatic carbocycles. The summed E-state index contributed by atoms with van der Waals surface area (Å²) in [6.45, 7) is 4.86. The van der Waals surface area contributed by atoms with Crippen molar-refractivity contribution in [3.05, 3.63) is 35.9 Å². The minimum absolute atomic E-state index is 0.0163. The Bertz CT molecular complexity index is 738. The zero-order valence-electron chi connectivity index (χ0n) is 16.8. The van der Waals surface area contributed by atoms with Crippen molar-refractivity contribution in [2.45, 2.75) is 38.3 Å². The highest BCUT2D eigenvalue weighted by atomic mass is 16.5. The summed E-state index contributed by atoms with van der Waals surface area (Å²) in [5, 5.41) is 3.12. The molecule has 2 aliphatic rings. The van der Waals surface area contributed by atoms with E-state index in [9.17, 15) is 14.4 Å². The highest BCUT2D eigenvalue weighted by Gasteiger charge is 2.57. The average molecular weight is 387 g/mol. The number of nitrogens with zero attached hydrogens (tertiary/aromatic N) is 2. The summed E-state index contributed by atoms with van der Waals surface area (Å²) in [7, 11) is 1.57. The van der Waals surface area contributed by atoms with Gasteiger partial charge < -0.3 is 19.9 Å². The number of carbonyl (C=O) groups excluding carboxylic acids is 3. The molecule has 0 unspecified atom stereocenters. The summed E-state index contributed by atoms with van der Waals surface area (Å²) in [4.78, 5) is 40.8. The van der Waals surface area contributed by atoms with E-state index in [1.165, 1.54) is 6.92 Å². The van der Waals surface area contributed by atoms with E-state index in [0.717, 1.165) is 12.0 Å². The molecule has 1 aromatic carbocycles. The van der Waals surface area contributed by atoms with Gasteiger partial charge in [-0.2, -0.15) is 0 Å². The highest BCUT2D eigenvalue weighted by Crippen LogP contribution is 2.47. The highest BCUT2D eigenvalue weighted by molar-refractivity contribution is 5.79. The SMILES string of the molecule is COCCC(=O)N1CC[C@@H]2[C@@H](c3ccccc3)N(C(C)=O)C[C@]2(NC(C)=O)C1. The van der Waals surface area contributed by atoms with Crippen LogP contribution in [0.4, 0.5) is 0 Å². The molecule has 2 fully saturated rings. The molecular formula is C21H29N3O4. The maximum atomic E-state index is 12.6. The van der Waals surface area contributed by atoms with E-state index in [-0.39, 0.29) is 29.7 Å². The van der Waals surface area contributed by atoms with Crippen LogP contribution in [0.5, 0.6) is 0 Å². The Hall–Kier alpha value is -2.41. The van der Waals surface area contributed by atoms with Crippen LogP contribution < -0.4 is 5.32 Å². The van der Waals surface area contributed by atoms with Crippen LogP contribution in [0.2, 0.25) is 0 Å². The molecule has 7 heteroatoms. The van der Waals surface area contributed by atoms with E-state index < -0.39 is 5.54 Å². The predicted octanol–water partition coefficient (Wildman–Crippen LogP) is 1.35. The molecule has 0 aromatic heterocycles. The largest absolute Gasteiger partial charge is 0.384 e. The number of piperidine rings is 1. The topological polar surface area (TPSA) is 79.0 Å². The fraction of sp³-hybridized carbons (Fsp3) is 0.571. The lowest BCUT2D eigenvalue weighted by Gasteiger charge is -2.45. The first-order valence-corrected chi connectivity index (χ1v) is 9.75. The second kappa shape index (κ2) is 8.31. The van der Waals surface area contributed by atoms with Crippen molar-refractivity contribution in [3.63, 3.8) is 0 Å². The number of amides is 3. The first-order chi connectivity index (χ1) is 13.4. The number of nitrogens with one attached hydrogen (secondary N) is 1. The predicted molar refractivity (Wildman–Crippen MR) is 104 cm³/mol. The number of rotatable bonds is 5. The smallest absolute Gasteiger partial charge is 0.224 e. The van der Waals surface area contributed by atoms with Crippen molar-refractivity contribution in [1.82, 2.24) is 15.1 Å². The van der Waals surface area contributed by atoms with Gasteiger partial charge in [-0.1, -0.05) is 30.3 Å². The number of hydrogen-bond acceptors (Lipinski definition) is 4. The third-order valence-electron chi connectivity index (χ3n) is 5.91. The van der Waals surface area contributed by atoms with Gasteiger partial charge in [-0.25, -0.2) is 0 Å². The molecule has 2 heterocycles. The lowest BCUT2D eigenvalue weighted by molar-refractivity contribution is -0.137. The molecule has 3 amide bonds. The first kappa shape index (κ1) is 20.3. The number of likely N-dealkylation sites (tertiary alicyclic amines) is 2. The van der Waals surface area contributed by atoms with Gasteiger partial charge in [-0.05, 0) is 12.0 Å². The van der Waals surface area contributed by atoms with Gasteiger partial charge in [-0.15, -0.1) is 0 Å². The van der Waals surface area contributed by atoms with Crippen molar-refractivity contribution >= 4 is 17.7 Å². The van der Waals surface area contributed by atoms with Gasteiger partial charge >= 0.3 is 0 Å². The number of benzene rings is 1. The van der Waals surface area contributed by atoms with Crippen LogP contribution in [0.15, 0.2) is 30.3 Å². The van der Waals surface area contributed by atoms with Crippen LogP contribution in [0, 0.1) is 5.92 Å². The van der Waals surface area contributed by atoms with Gasteiger partial charge in [-0.3, -0.25) is 14.4 Å². The van der Waals surface area contributed by atoms with Crippen LogP contribution in [-0.4, -0.2) is 66.4 Å². The Labute approximate surface area is 166 Å². The minimum Gasteiger partial charge on any atom is -0.384 e. The lowest BCUT2D eigenvalue weighted by atomic mass is 9.75. The van der Waals surface area contributed by atoms with E-state index in [1.807, 2.05) is 35.2 Å². The van der Waals surface area contributed by atoms with Crippen LogP contribution in [-0.2, 0) is 19.1 Å². The summed E-state index contributed by atoms with van der Waals surface area (Å²) >= 11 is 0. The summed E-state index contributed by atoms with van der Waals surface area (Å²) < 4.78 is 5.03. The molecule has 0 spiro atoms. The first-order valence-electron chi connectivity index (χ1n) is 9.75. The number of carbonyl (C=O) groups is 3. The second-order valence-electron chi connectivity index (χ2n) is 7.79. The number of fused-ring (bicyclic) bond motifs is 1. The Morgan fingerprint density at radius 1 is 1.18 bits per heavy atom. The van der Waals surface area contributed by atoms with Crippen LogP contribution in [0.1, 0.15) is 38.3 Å². The number of hydrogen-bond donors (Lipinski definition) is 1. The molecule has 7 nitrogen and oxygen atoms in total. The van der Waals surface area contributed by atoms with Gasteiger partial charge in [0.1, 0.15) is 0 Å². The zero-order valence-corrected chi connectivity index (χ0v) is 16.8. The van der Waals surface area contributed by atoms with Crippen molar-refractivity contribution in [1.29, 1.82) is 0 Å². The van der Waals surface area contributed by atoms with Crippen LogP contribution in [0.25, 0.3) is 0 Å². The molecule has 3 atom stereocenters. The Balaban J connectivity index is 1.95. The fourth-order valence-electron chi connectivity index (χ4n) is 4.81. The average Bonchev–Trinajstić information content (AvgIpc) is 3.00. The molecule has 1 N–H and O–H groups in total. The van der Waals surface area contributed by atoms with Crippen LogP contribution in [0.3, 0.4) is 0 Å². The third kappa shape index (κ3) is 3.90. The summed E-state index contributed by atoms with van der Waals surface area (Å²) in [6, 6.07) is 9.84. The van der Waals surface area contributed by atoms with Gasteiger partial charge in [0.05, 0.1) is 24.6 Å². The summed E-state index contributed by atoms with van der Waals surface area (Å²) in [5.41, 5.74) is 0.424. The molecule has 0 saturated carbocycles. The van der Waals surface area contributed by atoms with Crippen molar-refractivity contribution in [2.24, 2.45) is 5.92 Å². The van der Waals surface area contributed by atoms with Crippen molar-refractivity contribution < 1.29 is 19.1 Å².